The van der Waals surface area contributed by atoms with Gasteiger partial charge in [-0.15, -0.1) is 0 Å². The van der Waals surface area contributed by atoms with Crippen LogP contribution in [0, 0.1) is 0 Å². The van der Waals surface area contributed by atoms with Crippen LogP contribution in [-0.4, -0.2) is 22.5 Å². The summed E-state index contributed by atoms with van der Waals surface area (Å²) >= 11 is 6.47. The van der Waals surface area contributed by atoms with Crippen LogP contribution >= 0.6 is 11.6 Å². The van der Waals surface area contributed by atoms with E-state index in [9.17, 15) is 9.59 Å². The Morgan fingerprint density at radius 2 is 1.88 bits per heavy atom. The fraction of sp³-hybridized carbons (Fsp3) is 0.0769. The number of pyridine rings is 1. The van der Waals surface area contributed by atoms with E-state index >= 15 is 0 Å². The minimum atomic E-state index is -0.361. The Bertz CT molecular complexity index is 1430. The zero-order valence-electron chi connectivity index (χ0n) is 17.9. The van der Waals surface area contributed by atoms with Crippen LogP contribution in [-0.2, 0) is 17.6 Å². The van der Waals surface area contributed by atoms with Gasteiger partial charge in [0.25, 0.3) is 5.91 Å². The molecule has 0 spiro atoms. The van der Waals surface area contributed by atoms with Gasteiger partial charge in [0.1, 0.15) is 0 Å². The third-order valence-corrected chi connectivity index (χ3v) is 5.82. The zero-order valence-corrected chi connectivity index (χ0v) is 18.7. The molecular weight excluding hydrogens is 452 g/mol. The summed E-state index contributed by atoms with van der Waals surface area (Å²) < 4.78 is 5.14. The number of rotatable bonds is 6. The summed E-state index contributed by atoms with van der Waals surface area (Å²) in [4.78, 5) is 32.6. The minimum absolute atomic E-state index is 0.210. The number of hydrogen-bond donors (Lipinski definition) is 2. The molecule has 8 heteroatoms. The number of halogens is 1. The number of aromatic nitrogens is 1. The van der Waals surface area contributed by atoms with Gasteiger partial charge in [-0.1, -0.05) is 35.9 Å². The monoisotopic (exact) mass is 470 g/mol. The number of anilines is 1. The average molecular weight is 471 g/mol. The van der Waals surface area contributed by atoms with Crippen LogP contribution in [0.15, 0.2) is 82.5 Å². The number of nitrogens with one attached hydrogen (secondary N) is 1. The minimum Gasteiger partial charge on any atom is -0.459 e. The molecule has 1 aliphatic rings. The molecule has 0 atom stereocenters. The first-order valence-electron chi connectivity index (χ1n) is 10.5. The molecule has 0 saturated carbocycles. The number of aliphatic imine (C=N–C) groups is 1. The Morgan fingerprint density at radius 1 is 1.06 bits per heavy atom. The SMILES string of the molecule is NC(=O)Cc1ccc(-c2cnc3c(c2)CC(c2cc(NC(=O)c4ccco4)ccc2Cl)=N3)cc1. The largest absolute Gasteiger partial charge is 0.459 e. The molecule has 4 aromatic rings. The van der Waals surface area contributed by atoms with Crippen LogP contribution in [0.4, 0.5) is 11.5 Å². The number of nitrogens with zero attached hydrogens (tertiary/aromatic N) is 2. The first kappa shape index (κ1) is 21.6. The van der Waals surface area contributed by atoms with Gasteiger partial charge in [-0.05, 0) is 47.5 Å². The summed E-state index contributed by atoms with van der Waals surface area (Å²) in [5.41, 5.74) is 11.1. The summed E-state index contributed by atoms with van der Waals surface area (Å²) in [6, 6.07) is 18.2. The van der Waals surface area contributed by atoms with E-state index in [1.807, 2.05) is 24.3 Å². The molecule has 2 amide bonds. The highest BCUT2D eigenvalue weighted by molar-refractivity contribution is 6.34. The molecule has 1 aliphatic heterocycles. The molecule has 2 aromatic carbocycles. The van der Waals surface area contributed by atoms with E-state index in [1.54, 1.807) is 36.5 Å². The molecular formula is C26H19ClN4O3. The van der Waals surface area contributed by atoms with Gasteiger partial charge in [-0.25, -0.2) is 9.98 Å². The van der Waals surface area contributed by atoms with Crippen LogP contribution in [0.1, 0.15) is 27.2 Å². The highest BCUT2D eigenvalue weighted by atomic mass is 35.5. The van der Waals surface area contributed by atoms with Crippen LogP contribution in [0.25, 0.3) is 11.1 Å². The summed E-state index contributed by atoms with van der Waals surface area (Å²) in [5.74, 6) is 0.162. The molecule has 0 saturated heterocycles. The fourth-order valence-corrected chi connectivity index (χ4v) is 4.06. The van der Waals surface area contributed by atoms with Crippen molar-refractivity contribution in [3.8, 4) is 11.1 Å². The molecule has 3 N–H and O–H groups in total. The van der Waals surface area contributed by atoms with Crippen LogP contribution in [0.3, 0.4) is 0 Å². The fourth-order valence-electron chi connectivity index (χ4n) is 3.84. The average Bonchev–Trinajstić information content (AvgIpc) is 3.50. The van der Waals surface area contributed by atoms with Gasteiger partial charge >= 0.3 is 0 Å². The van der Waals surface area contributed by atoms with Crippen molar-refractivity contribution in [3.05, 3.63) is 101 Å². The van der Waals surface area contributed by atoms with Gasteiger partial charge in [0.2, 0.25) is 5.91 Å². The van der Waals surface area contributed by atoms with Gasteiger partial charge in [-0.2, -0.15) is 0 Å². The Kier molecular flexibility index (Phi) is 5.69. The second-order valence-electron chi connectivity index (χ2n) is 7.91. The van der Waals surface area contributed by atoms with Gasteiger partial charge < -0.3 is 15.5 Å². The summed E-state index contributed by atoms with van der Waals surface area (Å²) in [5, 5.41) is 3.35. The number of furan rings is 1. The van der Waals surface area contributed by atoms with Crippen molar-refractivity contribution in [2.45, 2.75) is 12.8 Å². The van der Waals surface area contributed by atoms with E-state index in [2.05, 4.69) is 21.4 Å². The van der Waals surface area contributed by atoms with E-state index in [-0.39, 0.29) is 24.0 Å². The van der Waals surface area contributed by atoms with Gasteiger partial charge in [0, 0.05) is 40.0 Å². The lowest BCUT2D eigenvalue weighted by molar-refractivity contribution is -0.117. The molecule has 2 aromatic heterocycles. The molecule has 0 unspecified atom stereocenters. The quantitative estimate of drug-likeness (QED) is 0.415. The van der Waals surface area contributed by atoms with E-state index in [0.29, 0.717) is 22.9 Å². The topological polar surface area (TPSA) is 111 Å². The molecule has 5 rings (SSSR count). The van der Waals surface area contributed by atoms with Crippen molar-refractivity contribution >= 4 is 40.6 Å². The third kappa shape index (κ3) is 4.46. The highest BCUT2D eigenvalue weighted by Gasteiger charge is 2.21. The van der Waals surface area contributed by atoms with Crippen LogP contribution in [0.2, 0.25) is 5.02 Å². The summed E-state index contributed by atoms with van der Waals surface area (Å²) in [6.45, 7) is 0. The number of amides is 2. The van der Waals surface area contributed by atoms with E-state index in [1.165, 1.54) is 6.26 Å². The first-order valence-corrected chi connectivity index (χ1v) is 10.9. The number of primary amides is 1. The lowest BCUT2D eigenvalue weighted by Gasteiger charge is -2.08. The van der Waals surface area contributed by atoms with Crippen molar-refractivity contribution in [3.63, 3.8) is 0 Å². The molecule has 0 bridgehead atoms. The molecule has 0 aliphatic carbocycles. The lowest BCUT2D eigenvalue weighted by Crippen LogP contribution is -2.13. The normalized spacial score (nSPS) is 12.2. The Morgan fingerprint density at radius 3 is 2.62 bits per heavy atom. The lowest BCUT2D eigenvalue weighted by atomic mass is 10.00. The van der Waals surface area contributed by atoms with Crippen molar-refractivity contribution < 1.29 is 14.0 Å². The Hall–Kier alpha value is -4.23. The highest BCUT2D eigenvalue weighted by Crippen LogP contribution is 2.33. The molecule has 7 nitrogen and oxygen atoms in total. The van der Waals surface area contributed by atoms with E-state index < -0.39 is 0 Å². The number of nitrogens with two attached hydrogens (primary N) is 1. The maximum absolute atomic E-state index is 12.3. The van der Waals surface area contributed by atoms with Gasteiger partial charge in [0.05, 0.1) is 18.4 Å². The Balaban J connectivity index is 1.36. The standard InChI is InChI=1S/C26H19ClN4O3/c27-21-8-7-19(30-26(33)23-2-1-9-34-23)13-20(21)22-12-17-11-18(14-29-25(17)31-22)16-5-3-15(4-6-16)10-24(28)32/h1-9,11,13-14H,10,12H2,(H2,28,32)(H,30,33). The van der Waals surface area contributed by atoms with Crippen LogP contribution in [0.5, 0.6) is 0 Å². The predicted molar refractivity (Wildman–Crippen MR) is 131 cm³/mol. The summed E-state index contributed by atoms with van der Waals surface area (Å²) in [7, 11) is 0. The number of fused-ring (bicyclic) bond motifs is 1. The molecule has 3 heterocycles. The van der Waals surface area contributed by atoms with Crippen molar-refractivity contribution in [1.82, 2.24) is 4.98 Å². The number of benzene rings is 2. The molecule has 0 radical (unpaired) electrons. The molecule has 34 heavy (non-hydrogen) atoms. The molecule has 168 valence electrons. The zero-order chi connectivity index (χ0) is 23.7. The van der Waals surface area contributed by atoms with Crippen LogP contribution < -0.4 is 11.1 Å². The van der Waals surface area contributed by atoms with E-state index in [0.717, 1.165) is 33.5 Å². The number of carbonyl (C=O) groups excluding carboxylic acids is 2. The van der Waals surface area contributed by atoms with Crippen molar-refractivity contribution in [1.29, 1.82) is 0 Å². The number of carbonyl (C=O) groups is 2. The Labute approximate surface area is 200 Å². The second-order valence-corrected chi connectivity index (χ2v) is 8.32. The van der Waals surface area contributed by atoms with Crippen molar-refractivity contribution in [2.75, 3.05) is 5.32 Å². The van der Waals surface area contributed by atoms with E-state index in [4.69, 9.17) is 21.8 Å². The van der Waals surface area contributed by atoms with Gasteiger partial charge in [-0.3, -0.25) is 9.59 Å². The first-order chi connectivity index (χ1) is 16.5. The second kappa shape index (κ2) is 8.96. The summed E-state index contributed by atoms with van der Waals surface area (Å²) in [6.07, 6.45) is 3.99. The predicted octanol–water partition coefficient (Wildman–Crippen LogP) is 4.95. The van der Waals surface area contributed by atoms with Gasteiger partial charge in [0.15, 0.2) is 11.6 Å². The smallest absolute Gasteiger partial charge is 0.291 e. The maximum Gasteiger partial charge on any atom is 0.291 e. The maximum atomic E-state index is 12.3. The molecule has 0 fully saturated rings. The third-order valence-electron chi connectivity index (χ3n) is 5.49. The number of hydrogen-bond acceptors (Lipinski definition) is 5. The van der Waals surface area contributed by atoms with Crippen molar-refractivity contribution in [2.24, 2.45) is 10.7 Å².